The molecule has 0 aromatic heterocycles. The highest BCUT2D eigenvalue weighted by molar-refractivity contribution is 5.75. The van der Waals surface area contributed by atoms with Gasteiger partial charge >= 0.3 is 0 Å². The SMILES string of the molecule is CC(=O)CC1CN(C(O)OCc2ccccc2)CC1OC(C)C. The van der Waals surface area contributed by atoms with Gasteiger partial charge in [-0.3, -0.25) is 4.90 Å². The van der Waals surface area contributed by atoms with Crippen molar-refractivity contribution in [3.8, 4) is 0 Å². The molecule has 1 heterocycles. The Labute approximate surface area is 138 Å². The molecule has 0 amide bonds. The molecule has 3 atom stereocenters. The van der Waals surface area contributed by atoms with Crippen LogP contribution in [0.3, 0.4) is 0 Å². The standard InChI is InChI=1S/C18H27NO4/c1-13(2)23-17-11-19(10-16(17)9-14(3)20)18(21)22-12-15-7-5-4-6-8-15/h4-8,13,16-18,21H,9-12H2,1-3H3. The van der Waals surface area contributed by atoms with Crippen molar-refractivity contribution in [1.29, 1.82) is 0 Å². The summed E-state index contributed by atoms with van der Waals surface area (Å²) in [4.78, 5) is 13.3. The van der Waals surface area contributed by atoms with E-state index in [-0.39, 0.29) is 23.9 Å². The maximum Gasteiger partial charge on any atom is 0.216 e. The monoisotopic (exact) mass is 321 g/mol. The van der Waals surface area contributed by atoms with Gasteiger partial charge in [-0.2, -0.15) is 0 Å². The molecule has 1 saturated heterocycles. The molecule has 5 nitrogen and oxygen atoms in total. The molecule has 1 aliphatic heterocycles. The molecular weight excluding hydrogens is 294 g/mol. The number of aliphatic hydroxyl groups excluding tert-OH is 1. The molecule has 0 bridgehead atoms. The molecule has 23 heavy (non-hydrogen) atoms. The van der Waals surface area contributed by atoms with Crippen LogP contribution in [0.1, 0.15) is 32.8 Å². The molecule has 3 unspecified atom stereocenters. The Morgan fingerprint density at radius 3 is 2.61 bits per heavy atom. The fraction of sp³-hybridized carbons (Fsp3) is 0.611. The maximum atomic E-state index is 11.5. The van der Waals surface area contributed by atoms with Crippen molar-refractivity contribution in [1.82, 2.24) is 4.90 Å². The van der Waals surface area contributed by atoms with Crippen LogP contribution >= 0.6 is 0 Å². The number of ketones is 1. The van der Waals surface area contributed by atoms with Crippen molar-refractivity contribution in [3.05, 3.63) is 35.9 Å². The van der Waals surface area contributed by atoms with Crippen LogP contribution in [0.4, 0.5) is 0 Å². The molecular formula is C18H27NO4. The summed E-state index contributed by atoms with van der Waals surface area (Å²) in [6, 6.07) is 9.74. The molecule has 0 saturated carbocycles. The number of Topliss-reactive ketones (excluding diaryl/α,β-unsaturated/α-hetero) is 1. The number of likely N-dealkylation sites (tertiary alicyclic amines) is 1. The summed E-state index contributed by atoms with van der Waals surface area (Å²) in [5.41, 5.74) is 1.01. The van der Waals surface area contributed by atoms with Gasteiger partial charge in [0.2, 0.25) is 6.41 Å². The van der Waals surface area contributed by atoms with E-state index in [1.54, 1.807) is 6.92 Å². The average molecular weight is 321 g/mol. The van der Waals surface area contributed by atoms with Crippen LogP contribution in [0.5, 0.6) is 0 Å². The van der Waals surface area contributed by atoms with Crippen LogP contribution in [-0.2, 0) is 20.9 Å². The Kier molecular flexibility index (Phi) is 6.72. The van der Waals surface area contributed by atoms with Gasteiger partial charge in [0.05, 0.1) is 18.8 Å². The molecule has 2 rings (SSSR count). The molecule has 1 N–H and O–H groups in total. The quantitative estimate of drug-likeness (QED) is 0.744. The fourth-order valence-electron chi connectivity index (χ4n) is 2.97. The van der Waals surface area contributed by atoms with Crippen LogP contribution in [0.25, 0.3) is 0 Å². The van der Waals surface area contributed by atoms with Crippen LogP contribution in [0.2, 0.25) is 0 Å². The van der Waals surface area contributed by atoms with Gasteiger partial charge in [-0.15, -0.1) is 0 Å². The van der Waals surface area contributed by atoms with Crippen molar-refractivity contribution < 1.29 is 19.4 Å². The Hall–Kier alpha value is -1.27. The van der Waals surface area contributed by atoms with E-state index in [9.17, 15) is 9.90 Å². The number of hydrogen-bond donors (Lipinski definition) is 1. The smallest absolute Gasteiger partial charge is 0.216 e. The van der Waals surface area contributed by atoms with E-state index in [1.165, 1.54) is 0 Å². The predicted octanol–water partition coefficient (Wildman–Crippen LogP) is 2.18. The minimum atomic E-state index is -0.981. The number of rotatable bonds is 8. The van der Waals surface area contributed by atoms with Gasteiger partial charge in [-0.1, -0.05) is 30.3 Å². The maximum absolute atomic E-state index is 11.5. The summed E-state index contributed by atoms with van der Waals surface area (Å²) in [6.45, 7) is 7.09. The van der Waals surface area contributed by atoms with Gasteiger partial charge in [-0.05, 0) is 26.3 Å². The Balaban J connectivity index is 1.89. The summed E-state index contributed by atoms with van der Waals surface area (Å²) in [7, 11) is 0. The van der Waals surface area contributed by atoms with Gasteiger partial charge < -0.3 is 19.4 Å². The first kappa shape index (κ1) is 18.1. The molecule has 1 aromatic carbocycles. The number of benzene rings is 1. The number of carbonyl (C=O) groups is 1. The van der Waals surface area contributed by atoms with Crippen molar-refractivity contribution >= 4 is 5.78 Å². The lowest BCUT2D eigenvalue weighted by Crippen LogP contribution is -2.36. The minimum absolute atomic E-state index is 0.0473. The molecule has 0 spiro atoms. The van der Waals surface area contributed by atoms with Crippen molar-refractivity contribution in [2.45, 2.75) is 52.4 Å². The van der Waals surface area contributed by atoms with E-state index in [0.29, 0.717) is 26.1 Å². The number of hydrogen-bond acceptors (Lipinski definition) is 5. The Morgan fingerprint density at radius 1 is 1.30 bits per heavy atom. The lowest BCUT2D eigenvalue weighted by Gasteiger charge is -2.23. The first-order valence-electron chi connectivity index (χ1n) is 8.18. The van der Waals surface area contributed by atoms with Gasteiger partial charge in [0, 0.05) is 25.4 Å². The molecule has 128 valence electrons. The van der Waals surface area contributed by atoms with Gasteiger partial charge in [0.1, 0.15) is 5.78 Å². The topological polar surface area (TPSA) is 59.0 Å². The van der Waals surface area contributed by atoms with E-state index < -0.39 is 6.41 Å². The second-order valence-corrected chi connectivity index (χ2v) is 6.47. The summed E-state index contributed by atoms with van der Waals surface area (Å²) in [5.74, 6) is 0.249. The summed E-state index contributed by atoms with van der Waals surface area (Å²) < 4.78 is 11.5. The zero-order chi connectivity index (χ0) is 16.8. The third-order valence-corrected chi connectivity index (χ3v) is 3.96. The third kappa shape index (κ3) is 5.70. The minimum Gasteiger partial charge on any atom is -0.374 e. The number of nitrogens with zero attached hydrogens (tertiary/aromatic N) is 1. The lowest BCUT2D eigenvalue weighted by atomic mass is 10.00. The second-order valence-electron chi connectivity index (χ2n) is 6.47. The molecule has 0 radical (unpaired) electrons. The van der Waals surface area contributed by atoms with Crippen LogP contribution in [-0.4, -0.2) is 47.5 Å². The third-order valence-electron chi connectivity index (χ3n) is 3.96. The summed E-state index contributed by atoms with van der Waals surface area (Å²) >= 11 is 0. The predicted molar refractivity (Wildman–Crippen MR) is 87.6 cm³/mol. The molecule has 5 heteroatoms. The van der Waals surface area contributed by atoms with Gasteiger partial charge in [0.15, 0.2) is 0 Å². The second kappa shape index (κ2) is 8.55. The molecule has 1 aliphatic rings. The first-order valence-corrected chi connectivity index (χ1v) is 8.18. The highest BCUT2D eigenvalue weighted by Gasteiger charge is 2.37. The Morgan fingerprint density at radius 2 is 2.00 bits per heavy atom. The van der Waals surface area contributed by atoms with Gasteiger partial charge in [-0.25, -0.2) is 0 Å². The zero-order valence-corrected chi connectivity index (χ0v) is 14.1. The normalized spacial score (nSPS) is 23.3. The van der Waals surface area contributed by atoms with Crippen molar-refractivity contribution in [2.24, 2.45) is 5.92 Å². The number of aliphatic hydroxyl groups is 1. The highest BCUT2D eigenvalue weighted by Crippen LogP contribution is 2.26. The average Bonchev–Trinajstić information content (AvgIpc) is 2.87. The summed E-state index contributed by atoms with van der Waals surface area (Å²) in [6.07, 6.45) is -0.463. The van der Waals surface area contributed by atoms with Crippen molar-refractivity contribution in [3.63, 3.8) is 0 Å². The molecule has 1 aromatic rings. The number of ether oxygens (including phenoxy) is 2. The van der Waals surface area contributed by atoms with Crippen LogP contribution in [0.15, 0.2) is 30.3 Å². The van der Waals surface area contributed by atoms with Crippen LogP contribution < -0.4 is 0 Å². The molecule has 1 fully saturated rings. The molecule has 0 aliphatic carbocycles. The summed E-state index contributed by atoms with van der Waals surface area (Å²) in [5, 5.41) is 10.3. The lowest BCUT2D eigenvalue weighted by molar-refractivity contribution is -0.196. The highest BCUT2D eigenvalue weighted by atomic mass is 16.6. The first-order chi connectivity index (χ1) is 11.0. The zero-order valence-electron chi connectivity index (χ0n) is 14.1. The van der Waals surface area contributed by atoms with Crippen molar-refractivity contribution in [2.75, 3.05) is 13.1 Å². The Bertz CT molecular complexity index is 491. The number of carbonyl (C=O) groups excluding carboxylic acids is 1. The van der Waals surface area contributed by atoms with E-state index in [1.807, 2.05) is 49.1 Å². The largest absolute Gasteiger partial charge is 0.374 e. The van der Waals surface area contributed by atoms with E-state index >= 15 is 0 Å². The van der Waals surface area contributed by atoms with E-state index in [4.69, 9.17) is 9.47 Å². The van der Waals surface area contributed by atoms with E-state index in [2.05, 4.69) is 0 Å². The fourth-order valence-corrected chi connectivity index (χ4v) is 2.97. The van der Waals surface area contributed by atoms with Gasteiger partial charge in [0.25, 0.3) is 0 Å². The van der Waals surface area contributed by atoms with Crippen LogP contribution in [0, 0.1) is 5.92 Å². The van der Waals surface area contributed by atoms with E-state index in [0.717, 1.165) is 5.56 Å².